The standard InChI is InChI=1S/C17H14N8O2/c1-24-8-11(7-19-24)21-17-18-5-10-6-20-25(16(10)23-17)12-2-3-14-13(4-12)22-15(26)9-27-14/h2-8H,9H2,1H3,(H,22,26)(H,18,21,23). The molecule has 0 spiro atoms. The van der Waals surface area contributed by atoms with Crippen LogP contribution in [0.4, 0.5) is 17.3 Å². The zero-order chi connectivity index (χ0) is 18.4. The second-order valence-electron chi connectivity index (χ2n) is 6.07. The fourth-order valence-electron chi connectivity index (χ4n) is 2.88. The molecule has 1 amide bonds. The molecule has 2 N–H and O–H groups in total. The predicted octanol–water partition coefficient (Wildman–Crippen LogP) is 1.62. The number of carbonyl (C=O) groups excluding carboxylic acids is 1. The van der Waals surface area contributed by atoms with Crippen molar-refractivity contribution in [2.45, 2.75) is 0 Å². The van der Waals surface area contributed by atoms with Crippen LogP contribution in [-0.4, -0.2) is 42.0 Å². The minimum Gasteiger partial charge on any atom is -0.482 e. The molecule has 1 aliphatic rings. The van der Waals surface area contributed by atoms with Crippen molar-refractivity contribution < 1.29 is 9.53 Å². The first-order valence-electron chi connectivity index (χ1n) is 8.19. The van der Waals surface area contributed by atoms with Crippen LogP contribution in [0.2, 0.25) is 0 Å². The van der Waals surface area contributed by atoms with Crippen molar-refractivity contribution >= 4 is 34.3 Å². The topological polar surface area (TPSA) is 112 Å². The average Bonchev–Trinajstić information content (AvgIpc) is 3.27. The fraction of sp³-hybridized carbons (Fsp3) is 0.118. The van der Waals surface area contributed by atoms with Crippen molar-refractivity contribution in [2.75, 3.05) is 17.2 Å². The first-order valence-corrected chi connectivity index (χ1v) is 8.19. The fourth-order valence-corrected chi connectivity index (χ4v) is 2.88. The Morgan fingerprint density at radius 2 is 2.15 bits per heavy atom. The van der Waals surface area contributed by atoms with Crippen LogP contribution < -0.4 is 15.4 Å². The Bertz CT molecular complexity index is 1180. The van der Waals surface area contributed by atoms with Gasteiger partial charge in [0.1, 0.15) is 5.75 Å². The van der Waals surface area contributed by atoms with Gasteiger partial charge in [-0.1, -0.05) is 0 Å². The van der Waals surface area contributed by atoms with Crippen molar-refractivity contribution in [3.8, 4) is 11.4 Å². The van der Waals surface area contributed by atoms with E-state index >= 15 is 0 Å². The van der Waals surface area contributed by atoms with Crippen LogP contribution in [0, 0.1) is 0 Å². The van der Waals surface area contributed by atoms with Crippen molar-refractivity contribution in [3.63, 3.8) is 0 Å². The molecule has 0 saturated heterocycles. The third-order valence-electron chi connectivity index (χ3n) is 4.11. The molecule has 0 fully saturated rings. The molecule has 10 heteroatoms. The van der Waals surface area contributed by atoms with E-state index in [4.69, 9.17) is 4.74 Å². The van der Waals surface area contributed by atoms with Crippen molar-refractivity contribution in [1.29, 1.82) is 0 Å². The molecule has 0 bridgehead atoms. The number of ether oxygens (including phenoxy) is 1. The number of amides is 1. The normalized spacial score (nSPS) is 13.1. The number of hydrogen-bond donors (Lipinski definition) is 2. The molecule has 0 aliphatic carbocycles. The molecular formula is C17H14N8O2. The number of rotatable bonds is 3. The van der Waals surface area contributed by atoms with E-state index in [1.807, 2.05) is 19.3 Å². The van der Waals surface area contributed by atoms with Crippen molar-refractivity contribution in [2.24, 2.45) is 7.05 Å². The summed E-state index contributed by atoms with van der Waals surface area (Å²) in [6.45, 7) is 0.0215. The maximum Gasteiger partial charge on any atom is 0.262 e. The van der Waals surface area contributed by atoms with E-state index in [-0.39, 0.29) is 12.5 Å². The highest BCUT2D eigenvalue weighted by atomic mass is 16.5. The summed E-state index contributed by atoms with van der Waals surface area (Å²) in [6, 6.07) is 5.46. The predicted molar refractivity (Wildman–Crippen MR) is 97.3 cm³/mol. The first kappa shape index (κ1) is 15.3. The van der Waals surface area contributed by atoms with Crippen LogP contribution in [0.3, 0.4) is 0 Å². The summed E-state index contributed by atoms with van der Waals surface area (Å²) < 4.78 is 8.77. The van der Waals surface area contributed by atoms with Gasteiger partial charge in [0.25, 0.3) is 5.91 Å². The zero-order valence-corrected chi connectivity index (χ0v) is 14.2. The number of carbonyl (C=O) groups is 1. The van der Waals surface area contributed by atoms with Gasteiger partial charge in [-0.3, -0.25) is 9.48 Å². The summed E-state index contributed by atoms with van der Waals surface area (Å²) in [5, 5.41) is 15.2. The molecule has 0 atom stereocenters. The van der Waals surface area contributed by atoms with Gasteiger partial charge in [-0.15, -0.1) is 0 Å². The Kier molecular flexibility index (Phi) is 3.29. The van der Waals surface area contributed by atoms with E-state index in [1.165, 1.54) is 0 Å². The van der Waals surface area contributed by atoms with Crippen LogP contribution in [-0.2, 0) is 11.8 Å². The number of anilines is 3. The maximum absolute atomic E-state index is 11.6. The lowest BCUT2D eigenvalue weighted by Gasteiger charge is -2.18. The Hall–Kier alpha value is -3.95. The molecule has 4 aromatic rings. The molecule has 10 nitrogen and oxygen atoms in total. The minimum atomic E-state index is -0.185. The van der Waals surface area contributed by atoms with E-state index in [0.717, 1.165) is 16.8 Å². The molecule has 27 heavy (non-hydrogen) atoms. The molecule has 0 unspecified atom stereocenters. The van der Waals surface area contributed by atoms with Gasteiger partial charge in [0.15, 0.2) is 12.3 Å². The number of nitrogens with one attached hydrogen (secondary N) is 2. The highest BCUT2D eigenvalue weighted by Gasteiger charge is 2.17. The summed E-state index contributed by atoms with van der Waals surface area (Å²) >= 11 is 0. The molecule has 134 valence electrons. The van der Waals surface area contributed by atoms with Crippen LogP contribution in [0.15, 0.2) is 43.0 Å². The monoisotopic (exact) mass is 362 g/mol. The van der Waals surface area contributed by atoms with E-state index in [2.05, 4.69) is 30.8 Å². The zero-order valence-electron chi connectivity index (χ0n) is 14.2. The van der Waals surface area contributed by atoms with Crippen LogP contribution in [0.5, 0.6) is 5.75 Å². The van der Waals surface area contributed by atoms with E-state index in [0.29, 0.717) is 23.0 Å². The van der Waals surface area contributed by atoms with Gasteiger partial charge in [-0.05, 0) is 18.2 Å². The van der Waals surface area contributed by atoms with Gasteiger partial charge in [0, 0.05) is 19.4 Å². The lowest BCUT2D eigenvalue weighted by Crippen LogP contribution is -2.25. The van der Waals surface area contributed by atoms with Crippen LogP contribution in [0.25, 0.3) is 16.7 Å². The second-order valence-corrected chi connectivity index (χ2v) is 6.07. The van der Waals surface area contributed by atoms with Crippen molar-refractivity contribution in [3.05, 3.63) is 43.0 Å². The Labute approximate surface area is 152 Å². The van der Waals surface area contributed by atoms with E-state index in [9.17, 15) is 4.79 Å². The van der Waals surface area contributed by atoms with E-state index < -0.39 is 0 Å². The minimum absolute atomic E-state index is 0.0215. The van der Waals surface area contributed by atoms with E-state index in [1.54, 1.807) is 40.1 Å². The summed E-state index contributed by atoms with van der Waals surface area (Å²) in [5.41, 5.74) is 2.78. The largest absolute Gasteiger partial charge is 0.482 e. The van der Waals surface area contributed by atoms with Gasteiger partial charge < -0.3 is 15.4 Å². The smallest absolute Gasteiger partial charge is 0.262 e. The van der Waals surface area contributed by atoms with Gasteiger partial charge in [0.05, 0.1) is 34.8 Å². The van der Waals surface area contributed by atoms with Gasteiger partial charge in [-0.2, -0.15) is 15.2 Å². The third-order valence-corrected chi connectivity index (χ3v) is 4.11. The number of aryl methyl sites for hydroxylation is 1. The summed E-state index contributed by atoms with van der Waals surface area (Å²) in [7, 11) is 1.84. The maximum atomic E-state index is 11.6. The SMILES string of the molecule is Cn1cc(Nc2ncc3cnn(-c4ccc5c(c4)NC(=O)CO5)c3n2)cn1. The molecular weight excluding hydrogens is 348 g/mol. The first-order chi connectivity index (χ1) is 13.2. The molecule has 1 aromatic carbocycles. The number of hydrogen-bond acceptors (Lipinski definition) is 7. The number of fused-ring (bicyclic) bond motifs is 2. The highest BCUT2D eigenvalue weighted by molar-refractivity contribution is 5.95. The molecule has 4 heterocycles. The van der Waals surface area contributed by atoms with Crippen LogP contribution in [0.1, 0.15) is 0 Å². The number of benzene rings is 1. The molecule has 3 aromatic heterocycles. The van der Waals surface area contributed by atoms with Gasteiger partial charge >= 0.3 is 0 Å². The van der Waals surface area contributed by atoms with Gasteiger partial charge in [0.2, 0.25) is 5.95 Å². The Balaban J connectivity index is 1.54. The summed E-state index contributed by atoms with van der Waals surface area (Å²) in [6.07, 6.45) is 6.92. The summed E-state index contributed by atoms with van der Waals surface area (Å²) in [5.74, 6) is 0.880. The Morgan fingerprint density at radius 3 is 3.00 bits per heavy atom. The second kappa shape index (κ2) is 5.80. The highest BCUT2D eigenvalue weighted by Crippen LogP contribution is 2.30. The third kappa shape index (κ3) is 2.72. The quantitative estimate of drug-likeness (QED) is 0.569. The molecule has 1 aliphatic heterocycles. The lowest BCUT2D eigenvalue weighted by molar-refractivity contribution is -0.118. The van der Waals surface area contributed by atoms with Crippen LogP contribution >= 0.6 is 0 Å². The lowest BCUT2D eigenvalue weighted by atomic mass is 10.2. The molecule has 5 rings (SSSR count). The molecule has 0 radical (unpaired) electrons. The Morgan fingerprint density at radius 1 is 1.22 bits per heavy atom. The average molecular weight is 362 g/mol. The van der Waals surface area contributed by atoms with Gasteiger partial charge in [-0.25, -0.2) is 9.67 Å². The summed E-state index contributed by atoms with van der Waals surface area (Å²) in [4.78, 5) is 20.4. The van der Waals surface area contributed by atoms with Crippen molar-refractivity contribution in [1.82, 2.24) is 29.5 Å². The number of aromatic nitrogens is 6. The molecule has 0 saturated carbocycles. The number of nitrogens with zero attached hydrogens (tertiary/aromatic N) is 6.